The molecule has 0 saturated heterocycles. The minimum absolute atomic E-state index is 0.0681. The Hall–Kier alpha value is -1.00. The van der Waals surface area contributed by atoms with Crippen molar-refractivity contribution >= 4 is 29.2 Å². The molecule has 0 radical (unpaired) electrons. The summed E-state index contributed by atoms with van der Waals surface area (Å²) in [6, 6.07) is 3.15. The molecule has 6 heteroatoms. The van der Waals surface area contributed by atoms with Crippen molar-refractivity contribution in [1.29, 1.82) is 0 Å². The SMILES string of the molecule is O=C(O)CCCOc1ccc(Cl)nc1Cl. The Labute approximate surface area is 96.8 Å². The van der Waals surface area contributed by atoms with Crippen molar-refractivity contribution in [2.24, 2.45) is 0 Å². The monoisotopic (exact) mass is 249 g/mol. The average molecular weight is 250 g/mol. The van der Waals surface area contributed by atoms with Gasteiger partial charge in [-0.15, -0.1) is 0 Å². The Kier molecular flexibility index (Phi) is 4.65. The third kappa shape index (κ3) is 4.36. The summed E-state index contributed by atoms with van der Waals surface area (Å²) in [5.41, 5.74) is 0. The molecule has 1 aromatic heterocycles. The zero-order valence-electron chi connectivity index (χ0n) is 7.74. The summed E-state index contributed by atoms with van der Waals surface area (Å²) >= 11 is 11.3. The van der Waals surface area contributed by atoms with Crippen molar-refractivity contribution in [3.8, 4) is 5.75 Å². The number of hydrogen-bond acceptors (Lipinski definition) is 3. The molecule has 0 saturated carbocycles. The number of nitrogens with zero attached hydrogens (tertiary/aromatic N) is 1. The number of aromatic nitrogens is 1. The van der Waals surface area contributed by atoms with Gasteiger partial charge in [-0.2, -0.15) is 0 Å². The zero-order valence-corrected chi connectivity index (χ0v) is 9.25. The first-order chi connectivity index (χ1) is 7.09. The van der Waals surface area contributed by atoms with Gasteiger partial charge >= 0.3 is 5.97 Å². The number of rotatable bonds is 5. The quantitative estimate of drug-likeness (QED) is 0.644. The molecule has 15 heavy (non-hydrogen) atoms. The molecular weight excluding hydrogens is 241 g/mol. The van der Waals surface area contributed by atoms with Crippen LogP contribution in [0.2, 0.25) is 10.3 Å². The Morgan fingerprint density at radius 2 is 2.20 bits per heavy atom. The third-order valence-corrected chi connectivity index (χ3v) is 2.05. The summed E-state index contributed by atoms with van der Waals surface area (Å²) in [6.07, 6.45) is 0.493. The first-order valence-electron chi connectivity index (χ1n) is 4.26. The van der Waals surface area contributed by atoms with Crippen LogP contribution in [0.3, 0.4) is 0 Å². The second-order valence-corrected chi connectivity index (χ2v) is 3.51. The highest BCUT2D eigenvalue weighted by Crippen LogP contribution is 2.23. The summed E-state index contributed by atoms with van der Waals surface area (Å²) in [4.78, 5) is 14.0. The Balaban J connectivity index is 2.40. The molecule has 0 amide bonds. The van der Waals surface area contributed by atoms with Crippen LogP contribution in [0, 0.1) is 0 Å². The second-order valence-electron chi connectivity index (χ2n) is 2.77. The van der Waals surface area contributed by atoms with Crippen LogP contribution < -0.4 is 4.74 Å². The van der Waals surface area contributed by atoms with E-state index in [1.807, 2.05) is 0 Å². The molecule has 82 valence electrons. The number of aliphatic carboxylic acids is 1. The van der Waals surface area contributed by atoms with Crippen LogP contribution in [0.4, 0.5) is 0 Å². The summed E-state index contributed by atoms with van der Waals surface area (Å²) in [5.74, 6) is -0.439. The first-order valence-corrected chi connectivity index (χ1v) is 5.02. The van der Waals surface area contributed by atoms with E-state index in [9.17, 15) is 4.79 Å². The molecule has 4 nitrogen and oxygen atoms in total. The number of pyridine rings is 1. The third-order valence-electron chi connectivity index (χ3n) is 1.57. The molecule has 0 aliphatic heterocycles. The van der Waals surface area contributed by atoms with Gasteiger partial charge in [-0.1, -0.05) is 23.2 Å². The predicted molar refractivity (Wildman–Crippen MR) is 56.6 cm³/mol. The number of carboxylic acids is 1. The first kappa shape index (κ1) is 12.1. The molecule has 0 bridgehead atoms. The average Bonchev–Trinajstić information content (AvgIpc) is 2.14. The van der Waals surface area contributed by atoms with E-state index in [-0.39, 0.29) is 23.3 Å². The molecule has 0 aliphatic carbocycles. The van der Waals surface area contributed by atoms with Crippen LogP contribution in [0.5, 0.6) is 5.75 Å². The number of carboxylic acid groups (broad SMARTS) is 1. The van der Waals surface area contributed by atoms with Gasteiger partial charge in [0.25, 0.3) is 0 Å². The van der Waals surface area contributed by atoms with Gasteiger partial charge in [0.2, 0.25) is 0 Å². The van der Waals surface area contributed by atoms with E-state index in [0.29, 0.717) is 12.2 Å². The van der Waals surface area contributed by atoms with Gasteiger partial charge in [0.1, 0.15) is 5.15 Å². The lowest BCUT2D eigenvalue weighted by Gasteiger charge is -2.06. The minimum atomic E-state index is -0.848. The maximum atomic E-state index is 10.2. The summed E-state index contributed by atoms with van der Waals surface area (Å²) in [5, 5.41) is 8.86. The second kappa shape index (κ2) is 5.78. The molecule has 1 aromatic rings. The summed E-state index contributed by atoms with van der Waals surface area (Å²) < 4.78 is 5.23. The molecule has 1 heterocycles. The van der Waals surface area contributed by atoms with E-state index >= 15 is 0 Å². The van der Waals surface area contributed by atoms with Crippen molar-refractivity contribution in [2.75, 3.05) is 6.61 Å². The smallest absolute Gasteiger partial charge is 0.303 e. The van der Waals surface area contributed by atoms with Gasteiger partial charge < -0.3 is 9.84 Å². The van der Waals surface area contributed by atoms with Crippen molar-refractivity contribution in [3.05, 3.63) is 22.4 Å². The maximum absolute atomic E-state index is 10.2. The lowest BCUT2D eigenvalue weighted by molar-refractivity contribution is -0.137. The van der Waals surface area contributed by atoms with E-state index in [4.69, 9.17) is 33.0 Å². The van der Waals surface area contributed by atoms with E-state index in [1.54, 1.807) is 12.1 Å². The van der Waals surface area contributed by atoms with Gasteiger partial charge in [0.15, 0.2) is 10.9 Å². The molecule has 1 rings (SSSR count). The fourth-order valence-corrected chi connectivity index (χ4v) is 1.31. The summed E-state index contributed by atoms with van der Waals surface area (Å²) in [6.45, 7) is 0.287. The molecular formula is C9H9Cl2NO3. The Morgan fingerprint density at radius 1 is 1.47 bits per heavy atom. The van der Waals surface area contributed by atoms with Crippen molar-refractivity contribution < 1.29 is 14.6 Å². The lowest BCUT2D eigenvalue weighted by Crippen LogP contribution is -2.02. The van der Waals surface area contributed by atoms with Gasteiger partial charge in [-0.25, -0.2) is 4.98 Å². The van der Waals surface area contributed by atoms with E-state index < -0.39 is 5.97 Å². The van der Waals surface area contributed by atoms with Crippen molar-refractivity contribution in [3.63, 3.8) is 0 Å². The number of carbonyl (C=O) groups is 1. The molecule has 0 unspecified atom stereocenters. The van der Waals surface area contributed by atoms with Crippen LogP contribution >= 0.6 is 23.2 Å². The molecule has 0 fully saturated rings. The molecule has 0 aliphatic rings. The topological polar surface area (TPSA) is 59.4 Å². The Morgan fingerprint density at radius 3 is 2.80 bits per heavy atom. The van der Waals surface area contributed by atoms with Gasteiger partial charge in [0.05, 0.1) is 6.61 Å². The number of hydrogen-bond donors (Lipinski definition) is 1. The lowest BCUT2D eigenvalue weighted by atomic mass is 10.3. The van der Waals surface area contributed by atoms with Crippen LogP contribution in [0.15, 0.2) is 12.1 Å². The molecule has 0 aromatic carbocycles. The normalized spacial score (nSPS) is 10.0. The molecule has 1 N–H and O–H groups in total. The largest absolute Gasteiger partial charge is 0.490 e. The van der Waals surface area contributed by atoms with Crippen LogP contribution in [0.1, 0.15) is 12.8 Å². The highest BCUT2D eigenvalue weighted by atomic mass is 35.5. The fraction of sp³-hybridized carbons (Fsp3) is 0.333. The summed E-state index contributed by atoms with van der Waals surface area (Å²) in [7, 11) is 0. The standard InChI is InChI=1S/C9H9Cl2NO3/c10-7-4-3-6(9(11)12-7)15-5-1-2-8(13)14/h3-4H,1-2,5H2,(H,13,14). The molecule has 0 spiro atoms. The van der Waals surface area contributed by atoms with Crippen LogP contribution in [-0.2, 0) is 4.79 Å². The molecule has 0 atom stereocenters. The Bertz CT molecular complexity index is 357. The highest BCUT2D eigenvalue weighted by Gasteiger charge is 2.04. The number of ether oxygens (including phenoxy) is 1. The van der Waals surface area contributed by atoms with Gasteiger partial charge in [-0.05, 0) is 18.6 Å². The fourth-order valence-electron chi connectivity index (χ4n) is 0.913. The predicted octanol–water partition coefficient (Wildman–Crippen LogP) is 2.63. The van der Waals surface area contributed by atoms with E-state index in [2.05, 4.69) is 4.98 Å². The van der Waals surface area contributed by atoms with E-state index in [0.717, 1.165) is 0 Å². The van der Waals surface area contributed by atoms with Crippen LogP contribution in [-0.4, -0.2) is 22.7 Å². The van der Waals surface area contributed by atoms with E-state index in [1.165, 1.54) is 0 Å². The number of halogens is 2. The maximum Gasteiger partial charge on any atom is 0.303 e. The zero-order chi connectivity index (χ0) is 11.3. The minimum Gasteiger partial charge on any atom is -0.490 e. The van der Waals surface area contributed by atoms with Gasteiger partial charge in [0, 0.05) is 6.42 Å². The van der Waals surface area contributed by atoms with Crippen molar-refractivity contribution in [1.82, 2.24) is 4.98 Å². The highest BCUT2D eigenvalue weighted by molar-refractivity contribution is 6.33. The van der Waals surface area contributed by atoms with Crippen molar-refractivity contribution in [2.45, 2.75) is 12.8 Å². The van der Waals surface area contributed by atoms with Gasteiger partial charge in [-0.3, -0.25) is 4.79 Å². The van der Waals surface area contributed by atoms with Crippen LogP contribution in [0.25, 0.3) is 0 Å².